The van der Waals surface area contributed by atoms with E-state index in [4.69, 9.17) is 0 Å². The highest BCUT2D eigenvalue weighted by molar-refractivity contribution is 6.39. The van der Waals surface area contributed by atoms with E-state index in [1.165, 1.54) is 4.90 Å². The molecule has 2 aromatic rings. The van der Waals surface area contributed by atoms with E-state index in [0.29, 0.717) is 5.69 Å². The van der Waals surface area contributed by atoms with Gasteiger partial charge in [-0.3, -0.25) is 9.59 Å². The first-order chi connectivity index (χ1) is 9.99. The van der Waals surface area contributed by atoms with Crippen LogP contribution in [0, 0.1) is 0 Å². The number of carbonyl (C=O) groups excluding carboxylic acids is 2. The molecular formula is C14H17N5O2. The Morgan fingerprint density at radius 1 is 1.33 bits per heavy atom. The Morgan fingerprint density at radius 3 is 2.71 bits per heavy atom. The number of hydrogen-bond donors (Lipinski definition) is 1. The second-order valence-electron chi connectivity index (χ2n) is 4.86. The van der Waals surface area contributed by atoms with Gasteiger partial charge in [0.1, 0.15) is 0 Å². The molecule has 0 bridgehead atoms. The number of carbonyl (C=O) groups is 2. The molecule has 0 spiro atoms. The summed E-state index contributed by atoms with van der Waals surface area (Å²) < 4.78 is 1.57. The number of benzene rings is 1. The lowest BCUT2D eigenvalue weighted by atomic mass is 10.2. The summed E-state index contributed by atoms with van der Waals surface area (Å²) in [6.45, 7) is 3.69. The zero-order chi connectivity index (χ0) is 15.4. The summed E-state index contributed by atoms with van der Waals surface area (Å²) in [4.78, 5) is 25.2. The summed E-state index contributed by atoms with van der Waals surface area (Å²) >= 11 is 0. The van der Waals surface area contributed by atoms with E-state index in [2.05, 4.69) is 15.6 Å². The minimum atomic E-state index is -0.665. The smallest absolute Gasteiger partial charge is 0.313 e. The number of hydrogen-bond acceptors (Lipinski definition) is 4. The minimum Gasteiger partial charge on any atom is -0.335 e. The second-order valence-corrected chi connectivity index (χ2v) is 4.86. The van der Waals surface area contributed by atoms with Crippen LogP contribution in [0.2, 0.25) is 0 Å². The summed E-state index contributed by atoms with van der Waals surface area (Å²) in [6.07, 6.45) is 3.25. The summed E-state index contributed by atoms with van der Waals surface area (Å²) in [7, 11) is 1.60. The lowest BCUT2D eigenvalue weighted by Gasteiger charge is -2.20. The van der Waals surface area contributed by atoms with Crippen molar-refractivity contribution in [2.75, 3.05) is 12.4 Å². The molecular weight excluding hydrogens is 270 g/mol. The molecule has 1 heterocycles. The number of amides is 2. The third-order valence-corrected chi connectivity index (χ3v) is 3.08. The first kappa shape index (κ1) is 14.7. The zero-order valence-electron chi connectivity index (χ0n) is 12.1. The fraction of sp³-hybridized carbons (Fsp3) is 0.286. The van der Waals surface area contributed by atoms with E-state index in [9.17, 15) is 9.59 Å². The highest BCUT2D eigenvalue weighted by Crippen LogP contribution is 2.13. The van der Waals surface area contributed by atoms with Gasteiger partial charge in [0.05, 0.1) is 18.1 Å². The molecule has 0 unspecified atom stereocenters. The highest BCUT2D eigenvalue weighted by atomic mass is 16.2. The monoisotopic (exact) mass is 287 g/mol. The third kappa shape index (κ3) is 3.44. The number of nitrogens with one attached hydrogen (secondary N) is 1. The molecule has 7 nitrogen and oxygen atoms in total. The van der Waals surface area contributed by atoms with Gasteiger partial charge < -0.3 is 10.2 Å². The Kier molecular flexibility index (Phi) is 4.32. The quantitative estimate of drug-likeness (QED) is 0.856. The Bertz CT molecular complexity index is 637. The standard InChI is InChI=1S/C14H17N5O2/c1-10(2)18(3)14(21)13(20)16-11-5-4-6-12(9-11)19-8-7-15-17-19/h4-10H,1-3H3,(H,16,20). The molecule has 0 saturated carbocycles. The van der Waals surface area contributed by atoms with Gasteiger partial charge >= 0.3 is 11.8 Å². The molecule has 0 aliphatic carbocycles. The lowest BCUT2D eigenvalue weighted by molar-refractivity contribution is -0.143. The van der Waals surface area contributed by atoms with Gasteiger partial charge in [-0.2, -0.15) is 0 Å². The van der Waals surface area contributed by atoms with Gasteiger partial charge in [0.25, 0.3) is 0 Å². The molecule has 0 atom stereocenters. The maximum atomic E-state index is 11.9. The number of rotatable bonds is 3. The van der Waals surface area contributed by atoms with Crippen LogP contribution in [0.3, 0.4) is 0 Å². The lowest BCUT2D eigenvalue weighted by Crippen LogP contribution is -2.40. The molecule has 0 saturated heterocycles. The van der Waals surface area contributed by atoms with Gasteiger partial charge in [-0.15, -0.1) is 5.10 Å². The Hall–Kier alpha value is -2.70. The number of nitrogens with zero attached hydrogens (tertiary/aromatic N) is 4. The average Bonchev–Trinajstić information content (AvgIpc) is 3.00. The second kappa shape index (κ2) is 6.17. The van der Waals surface area contributed by atoms with Crippen molar-refractivity contribution in [3.05, 3.63) is 36.7 Å². The van der Waals surface area contributed by atoms with E-state index >= 15 is 0 Å². The van der Waals surface area contributed by atoms with Crippen molar-refractivity contribution in [2.45, 2.75) is 19.9 Å². The van der Waals surface area contributed by atoms with Gasteiger partial charge in [-0.05, 0) is 32.0 Å². The van der Waals surface area contributed by atoms with Gasteiger partial charge in [-0.25, -0.2) is 4.68 Å². The van der Waals surface area contributed by atoms with Crippen molar-refractivity contribution in [2.24, 2.45) is 0 Å². The minimum absolute atomic E-state index is 0.0373. The number of likely N-dealkylation sites (N-methyl/N-ethyl adjacent to an activating group) is 1. The third-order valence-electron chi connectivity index (χ3n) is 3.08. The topological polar surface area (TPSA) is 80.1 Å². The number of aromatic nitrogens is 3. The predicted octanol–water partition coefficient (Wildman–Crippen LogP) is 1.07. The largest absolute Gasteiger partial charge is 0.335 e. The molecule has 2 rings (SSSR count). The van der Waals surface area contributed by atoms with E-state index in [1.807, 2.05) is 19.9 Å². The molecule has 0 aliphatic rings. The van der Waals surface area contributed by atoms with Crippen molar-refractivity contribution in [1.29, 1.82) is 0 Å². The van der Waals surface area contributed by atoms with Crippen molar-refractivity contribution >= 4 is 17.5 Å². The molecule has 0 fully saturated rings. The molecule has 110 valence electrons. The Labute approximate surface area is 122 Å². The Morgan fingerprint density at radius 2 is 2.10 bits per heavy atom. The fourth-order valence-corrected chi connectivity index (χ4v) is 1.65. The summed E-state index contributed by atoms with van der Waals surface area (Å²) in [5, 5.41) is 10.2. The fourth-order valence-electron chi connectivity index (χ4n) is 1.65. The van der Waals surface area contributed by atoms with Crippen LogP contribution >= 0.6 is 0 Å². The zero-order valence-corrected chi connectivity index (χ0v) is 12.1. The molecule has 1 aromatic heterocycles. The van der Waals surface area contributed by atoms with Crippen LogP contribution in [-0.4, -0.2) is 44.8 Å². The molecule has 1 aromatic carbocycles. The van der Waals surface area contributed by atoms with E-state index in [1.54, 1.807) is 42.3 Å². The molecule has 0 aliphatic heterocycles. The van der Waals surface area contributed by atoms with Crippen LogP contribution in [0.25, 0.3) is 5.69 Å². The summed E-state index contributed by atoms with van der Waals surface area (Å²) in [5.41, 5.74) is 1.27. The SMILES string of the molecule is CC(C)N(C)C(=O)C(=O)Nc1cccc(-n2ccnn2)c1. The van der Waals surface area contributed by atoms with E-state index < -0.39 is 11.8 Å². The van der Waals surface area contributed by atoms with Gasteiger partial charge in [-0.1, -0.05) is 11.3 Å². The molecule has 21 heavy (non-hydrogen) atoms. The molecule has 0 radical (unpaired) electrons. The van der Waals surface area contributed by atoms with Crippen LogP contribution in [0.4, 0.5) is 5.69 Å². The van der Waals surface area contributed by atoms with Crippen LogP contribution < -0.4 is 5.32 Å². The first-order valence-electron chi connectivity index (χ1n) is 6.54. The van der Waals surface area contributed by atoms with Gasteiger partial charge in [0.15, 0.2) is 0 Å². The van der Waals surface area contributed by atoms with Crippen LogP contribution in [0.1, 0.15) is 13.8 Å². The van der Waals surface area contributed by atoms with Crippen LogP contribution in [0.15, 0.2) is 36.7 Å². The van der Waals surface area contributed by atoms with Gasteiger partial charge in [0.2, 0.25) is 0 Å². The normalized spacial score (nSPS) is 10.5. The number of anilines is 1. The van der Waals surface area contributed by atoms with Crippen molar-refractivity contribution < 1.29 is 9.59 Å². The van der Waals surface area contributed by atoms with Crippen molar-refractivity contribution in [1.82, 2.24) is 19.9 Å². The van der Waals surface area contributed by atoms with E-state index in [0.717, 1.165) is 5.69 Å². The molecule has 7 heteroatoms. The van der Waals surface area contributed by atoms with Crippen LogP contribution in [0.5, 0.6) is 0 Å². The van der Waals surface area contributed by atoms with Crippen molar-refractivity contribution in [3.63, 3.8) is 0 Å². The Balaban J connectivity index is 2.12. The summed E-state index contributed by atoms with van der Waals surface area (Å²) in [5.74, 6) is -1.24. The first-order valence-corrected chi connectivity index (χ1v) is 6.54. The maximum absolute atomic E-state index is 11.9. The molecule has 1 N–H and O–H groups in total. The highest BCUT2D eigenvalue weighted by Gasteiger charge is 2.20. The molecule has 2 amide bonds. The average molecular weight is 287 g/mol. The maximum Gasteiger partial charge on any atom is 0.313 e. The van der Waals surface area contributed by atoms with E-state index in [-0.39, 0.29) is 6.04 Å². The van der Waals surface area contributed by atoms with Crippen molar-refractivity contribution in [3.8, 4) is 5.69 Å². The van der Waals surface area contributed by atoms with Gasteiger partial charge in [0, 0.05) is 18.8 Å². The summed E-state index contributed by atoms with van der Waals surface area (Å²) in [6, 6.07) is 6.98. The predicted molar refractivity (Wildman–Crippen MR) is 77.9 cm³/mol. The van der Waals surface area contributed by atoms with Crippen LogP contribution in [-0.2, 0) is 9.59 Å².